The summed E-state index contributed by atoms with van der Waals surface area (Å²) in [6, 6.07) is 7.45. The van der Waals surface area contributed by atoms with Crippen LogP contribution in [0.3, 0.4) is 0 Å². The number of carbonyl (C=O) groups is 1. The van der Waals surface area contributed by atoms with E-state index in [0.717, 1.165) is 135 Å². The molecule has 1 rings (SSSR count). The number of unbranched alkanes of at least 4 members (excludes halogenated alkanes) is 49. The van der Waals surface area contributed by atoms with Crippen LogP contribution in [0.2, 0.25) is 0 Å². The molecule has 15 heteroatoms. The summed E-state index contributed by atoms with van der Waals surface area (Å²) >= 11 is 4.32. The Bertz CT molecular complexity index is 1760. The van der Waals surface area contributed by atoms with Crippen molar-refractivity contribution >= 4 is 32.3 Å². The SMILES string of the molecule is O=C([O-])/C=C/c1ccc(OCCCCCCCCCCOCCCCCCCCCCOCCCCCCCCCCOCCCCCCCCCCOCCCCCCCCCCOCCCCCCCCCCOCCCCCCCCCCOS(=O)(O)=S)cc1.[Na+]. The van der Waals surface area contributed by atoms with Crippen molar-refractivity contribution in [3.05, 3.63) is 35.9 Å². The van der Waals surface area contributed by atoms with E-state index in [2.05, 4.69) is 11.2 Å². The van der Waals surface area contributed by atoms with Crippen molar-refractivity contribution in [2.45, 2.75) is 360 Å². The summed E-state index contributed by atoms with van der Waals surface area (Å²) in [4.78, 5) is 10.5. The van der Waals surface area contributed by atoms with Crippen molar-refractivity contribution in [1.82, 2.24) is 0 Å². The maximum atomic E-state index is 10.9. The predicted octanol–water partition coefficient (Wildman–Crippen LogP) is 18.9. The Labute approximate surface area is 607 Å². The van der Waals surface area contributed by atoms with Gasteiger partial charge in [0.05, 0.1) is 19.2 Å². The van der Waals surface area contributed by atoms with Gasteiger partial charge in [0.25, 0.3) is 9.05 Å². The van der Waals surface area contributed by atoms with Gasteiger partial charge in [-0.2, -0.15) is 4.21 Å². The van der Waals surface area contributed by atoms with E-state index in [-0.39, 0.29) is 36.2 Å². The fourth-order valence-electron chi connectivity index (χ4n) is 11.9. The van der Waals surface area contributed by atoms with E-state index in [4.69, 9.17) is 41.9 Å². The average molecular weight is 1380 g/mol. The van der Waals surface area contributed by atoms with E-state index in [1.54, 1.807) is 0 Å². The molecule has 0 bridgehead atoms. The zero-order valence-electron chi connectivity index (χ0n) is 61.2. The molecule has 0 radical (unpaired) electrons. The second-order valence-corrected chi connectivity index (χ2v) is 29.1. The zero-order valence-corrected chi connectivity index (χ0v) is 64.8. The van der Waals surface area contributed by atoms with E-state index in [9.17, 15) is 14.1 Å². The van der Waals surface area contributed by atoms with Crippen LogP contribution in [0, 0.1) is 0 Å². The summed E-state index contributed by atoms with van der Waals surface area (Å²) < 4.78 is 65.8. The molecular weight excluding hydrogens is 1230 g/mol. The van der Waals surface area contributed by atoms with Crippen LogP contribution < -0.4 is 39.4 Å². The van der Waals surface area contributed by atoms with E-state index in [1.807, 2.05) is 24.3 Å². The number of ether oxygens (including phenoxy) is 7. The van der Waals surface area contributed by atoms with E-state index >= 15 is 0 Å². The first-order valence-corrected chi connectivity index (χ1v) is 41.9. The zero-order chi connectivity index (χ0) is 66.6. The number of rotatable bonds is 81. The molecule has 548 valence electrons. The molecule has 0 heterocycles. The van der Waals surface area contributed by atoms with Crippen LogP contribution in [-0.2, 0) is 57.6 Å². The smallest absolute Gasteiger partial charge is 0.545 e. The van der Waals surface area contributed by atoms with Crippen LogP contribution in [0.4, 0.5) is 0 Å². The van der Waals surface area contributed by atoms with Crippen LogP contribution in [-0.4, -0.2) is 107 Å². The minimum Gasteiger partial charge on any atom is -0.545 e. The molecule has 0 aliphatic rings. The Kier molecular flexibility index (Phi) is 79.0. The van der Waals surface area contributed by atoms with E-state index < -0.39 is 15.0 Å². The van der Waals surface area contributed by atoms with Gasteiger partial charge in [0.2, 0.25) is 0 Å². The maximum Gasteiger partial charge on any atom is 1.00 e. The number of carboxylic acid groups (broad SMARTS) is 1. The molecule has 0 spiro atoms. The Hall–Kier alpha value is -0.720. The fourth-order valence-corrected chi connectivity index (χ4v) is 12.4. The van der Waals surface area contributed by atoms with Crippen LogP contribution in [0.25, 0.3) is 6.08 Å². The van der Waals surface area contributed by atoms with Gasteiger partial charge in [0.15, 0.2) is 0 Å². The second kappa shape index (κ2) is 79.6. The standard InChI is InChI=1S/C79H148O12S2.Na/c80-79(81)62-59-77-57-60-78(61-58-77)90-75-55-41-27-13-11-25-39-53-73-88-71-51-37-23-9-7-21-35-49-69-86-67-47-33-19-5-3-17-31-45-65-84-63-43-29-15-1-2-16-30-44-64-85-66-46-32-18-4-6-20-34-48-68-87-70-50-36-22-8-10-24-38-52-72-89-74-54-40-26-12-14-28-42-56-76-91-93(82,83)92;/h57-62H,1-56,63-76H2,(H,80,81)(H,82,83,92);/q;+1/p-1/b62-59+;. The molecule has 1 unspecified atom stereocenters. The minimum atomic E-state index is -3.45. The molecule has 0 aliphatic heterocycles. The van der Waals surface area contributed by atoms with Crippen LogP contribution in [0.5, 0.6) is 5.75 Å². The Morgan fingerprint density at radius 3 is 0.660 bits per heavy atom. The van der Waals surface area contributed by atoms with Crippen molar-refractivity contribution in [2.75, 3.05) is 92.5 Å². The molecule has 94 heavy (non-hydrogen) atoms. The minimum absolute atomic E-state index is 0. The molecule has 1 aromatic carbocycles. The molecule has 0 fully saturated rings. The van der Waals surface area contributed by atoms with Gasteiger partial charge in [-0.3, -0.25) is 8.74 Å². The Balaban J connectivity index is 0.0000865. The molecule has 1 N–H and O–H groups in total. The number of hydrogen-bond acceptors (Lipinski definition) is 12. The number of benzene rings is 1. The van der Waals surface area contributed by atoms with Crippen molar-refractivity contribution in [2.24, 2.45) is 0 Å². The van der Waals surface area contributed by atoms with Crippen LogP contribution >= 0.6 is 0 Å². The molecule has 0 aliphatic carbocycles. The first kappa shape index (κ1) is 93.3. The third-order valence-electron chi connectivity index (χ3n) is 17.8. The molecule has 0 amide bonds. The Morgan fingerprint density at radius 1 is 0.309 bits per heavy atom. The summed E-state index contributed by atoms with van der Waals surface area (Å²) in [5.41, 5.74) is 0.818. The molecule has 0 aromatic heterocycles. The number of aliphatic carboxylic acids is 1. The number of carbonyl (C=O) groups excluding carboxylic acids is 1. The average Bonchev–Trinajstić information content (AvgIpc) is 3.25. The molecule has 12 nitrogen and oxygen atoms in total. The van der Waals surface area contributed by atoms with Crippen molar-refractivity contribution < 1.29 is 85.6 Å². The van der Waals surface area contributed by atoms with E-state index in [0.29, 0.717) is 0 Å². The van der Waals surface area contributed by atoms with Crippen molar-refractivity contribution in [3.8, 4) is 5.75 Å². The first-order chi connectivity index (χ1) is 45.9. The van der Waals surface area contributed by atoms with Crippen LogP contribution in [0.1, 0.15) is 365 Å². The molecular formula is C79H147NaO12S2. The molecule has 1 aromatic rings. The molecule has 0 saturated carbocycles. The third kappa shape index (κ3) is 80.3. The summed E-state index contributed by atoms with van der Waals surface area (Å²) in [7, 11) is -3.45. The van der Waals surface area contributed by atoms with Gasteiger partial charge in [-0.25, -0.2) is 0 Å². The normalized spacial score (nSPS) is 12.3. The van der Waals surface area contributed by atoms with Gasteiger partial charge in [0, 0.05) is 90.5 Å². The van der Waals surface area contributed by atoms with Gasteiger partial charge in [-0.1, -0.05) is 288 Å². The molecule has 1 atom stereocenters. The van der Waals surface area contributed by atoms with Crippen molar-refractivity contribution in [3.63, 3.8) is 0 Å². The van der Waals surface area contributed by atoms with Gasteiger partial charge < -0.3 is 43.1 Å². The van der Waals surface area contributed by atoms with Gasteiger partial charge in [0.1, 0.15) is 5.75 Å². The summed E-state index contributed by atoms with van der Waals surface area (Å²) in [6.07, 6.45) is 73.8. The fraction of sp³-hybridized carbons (Fsp3) is 0.886. The second-order valence-electron chi connectivity index (χ2n) is 26.8. The molecule has 0 saturated heterocycles. The van der Waals surface area contributed by atoms with Gasteiger partial charge in [-0.05, 0) is 114 Å². The third-order valence-corrected chi connectivity index (χ3v) is 18.5. The summed E-state index contributed by atoms with van der Waals surface area (Å²) in [5, 5.41) is 10.5. The largest absolute Gasteiger partial charge is 1.00 e. The summed E-state index contributed by atoms with van der Waals surface area (Å²) in [5.74, 6) is -0.368. The van der Waals surface area contributed by atoms with Gasteiger partial charge in [-0.15, -0.1) is 0 Å². The predicted molar refractivity (Wildman–Crippen MR) is 394 cm³/mol. The topological polar surface area (TPSA) is 151 Å². The summed E-state index contributed by atoms with van der Waals surface area (Å²) in [6.45, 7) is 12.2. The number of carboxylic acids is 1. The Morgan fingerprint density at radius 2 is 0.479 bits per heavy atom. The van der Waals surface area contributed by atoms with E-state index in [1.165, 1.54) is 334 Å². The van der Waals surface area contributed by atoms with Crippen LogP contribution in [0.15, 0.2) is 30.3 Å². The number of hydrogen-bond donors (Lipinski definition) is 1. The monoisotopic (exact) mass is 1380 g/mol. The quantitative estimate of drug-likeness (QED) is 0.0375. The first-order valence-electron chi connectivity index (χ1n) is 39.6. The van der Waals surface area contributed by atoms with Crippen molar-refractivity contribution in [1.29, 1.82) is 0 Å². The van der Waals surface area contributed by atoms with Gasteiger partial charge >= 0.3 is 29.6 Å². The maximum absolute atomic E-state index is 10.9.